The van der Waals surface area contributed by atoms with Crippen molar-refractivity contribution in [1.82, 2.24) is 0 Å². The number of rotatable bonds is 3. The van der Waals surface area contributed by atoms with Crippen LogP contribution in [0.2, 0.25) is 0 Å². The summed E-state index contributed by atoms with van der Waals surface area (Å²) in [4.78, 5) is 0. The molecule has 1 fully saturated rings. The quantitative estimate of drug-likeness (QED) is 0.828. The Morgan fingerprint density at radius 1 is 1.22 bits per heavy atom. The predicted octanol–water partition coefficient (Wildman–Crippen LogP) is 2.65. The van der Waals surface area contributed by atoms with Gasteiger partial charge < -0.3 is 5.73 Å². The number of nitrogens with two attached hydrogens (primary N) is 1. The lowest BCUT2D eigenvalue weighted by Crippen LogP contribution is -2.29. The van der Waals surface area contributed by atoms with Crippen LogP contribution < -0.4 is 10.5 Å². The molecule has 0 atom stereocenters. The first-order valence-corrected chi connectivity index (χ1v) is 7.91. The van der Waals surface area contributed by atoms with Crippen molar-refractivity contribution in [3.63, 3.8) is 0 Å². The molecule has 2 rings (SSSR count). The van der Waals surface area contributed by atoms with Crippen LogP contribution in [0.4, 0.5) is 11.4 Å². The van der Waals surface area contributed by atoms with Gasteiger partial charge in [-0.25, -0.2) is 8.42 Å². The van der Waals surface area contributed by atoms with Gasteiger partial charge in [0.1, 0.15) is 0 Å². The molecule has 1 aliphatic carbocycles. The van der Waals surface area contributed by atoms with Crippen molar-refractivity contribution in [3.05, 3.63) is 23.8 Å². The van der Waals surface area contributed by atoms with Gasteiger partial charge in [-0.15, -0.1) is 0 Å². The highest BCUT2D eigenvalue weighted by Crippen LogP contribution is 2.26. The topological polar surface area (TPSA) is 72.2 Å². The zero-order valence-corrected chi connectivity index (χ0v) is 11.5. The van der Waals surface area contributed by atoms with Crippen molar-refractivity contribution in [2.75, 3.05) is 10.5 Å². The number of anilines is 2. The van der Waals surface area contributed by atoms with E-state index < -0.39 is 10.0 Å². The summed E-state index contributed by atoms with van der Waals surface area (Å²) < 4.78 is 27.1. The van der Waals surface area contributed by atoms with Gasteiger partial charge in [0, 0.05) is 11.4 Å². The van der Waals surface area contributed by atoms with E-state index in [4.69, 9.17) is 5.73 Å². The van der Waals surface area contributed by atoms with Crippen molar-refractivity contribution in [1.29, 1.82) is 0 Å². The molecule has 0 aromatic heterocycles. The second-order valence-electron chi connectivity index (χ2n) is 4.98. The summed E-state index contributed by atoms with van der Waals surface area (Å²) in [6, 6.07) is 5.21. The summed E-state index contributed by atoms with van der Waals surface area (Å²) in [5.74, 6) is 0. The molecule has 0 saturated heterocycles. The molecule has 0 bridgehead atoms. The van der Waals surface area contributed by atoms with Crippen LogP contribution in [0.15, 0.2) is 18.2 Å². The van der Waals surface area contributed by atoms with Gasteiger partial charge >= 0.3 is 0 Å². The molecule has 0 radical (unpaired) electrons. The molecule has 5 heteroatoms. The van der Waals surface area contributed by atoms with Crippen LogP contribution in [-0.4, -0.2) is 13.7 Å². The number of nitrogens with one attached hydrogen (secondary N) is 1. The minimum Gasteiger partial charge on any atom is -0.399 e. The molecule has 0 heterocycles. The molecular weight excluding hydrogens is 248 g/mol. The number of hydrogen-bond donors (Lipinski definition) is 2. The Labute approximate surface area is 109 Å². The van der Waals surface area contributed by atoms with Crippen LogP contribution in [0.1, 0.15) is 37.7 Å². The first-order valence-electron chi connectivity index (χ1n) is 6.37. The Balaban J connectivity index is 2.13. The monoisotopic (exact) mass is 268 g/mol. The SMILES string of the molecule is Cc1cc(NS(=O)(=O)C2CCCCC2)ccc1N. The third kappa shape index (κ3) is 2.96. The molecule has 4 nitrogen and oxygen atoms in total. The van der Waals surface area contributed by atoms with Crippen molar-refractivity contribution >= 4 is 21.4 Å². The van der Waals surface area contributed by atoms with E-state index in [-0.39, 0.29) is 5.25 Å². The third-order valence-electron chi connectivity index (χ3n) is 3.52. The Hall–Kier alpha value is -1.23. The zero-order valence-electron chi connectivity index (χ0n) is 10.6. The number of aryl methyl sites for hydroxylation is 1. The second-order valence-corrected chi connectivity index (χ2v) is 6.94. The Kier molecular flexibility index (Phi) is 3.80. The van der Waals surface area contributed by atoms with E-state index in [0.29, 0.717) is 11.4 Å². The van der Waals surface area contributed by atoms with Crippen molar-refractivity contribution in [2.45, 2.75) is 44.3 Å². The molecule has 0 amide bonds. The molecule has 18 heavy (non-hydrogen) atoms. The summed E-state index contributed by atoms with van der Waals surface area (Å²) in [5, 5.41) is -0.246. The van der Waals surface area contributed by atoms with Crippen molar-refractivity contribution < 1.29 is 8.42 Å². The number of benzene rings is 1. The van der Waals surface area contributed by atoms with Crippen LogP contribution in [0.25, 0.3) is 0 Å². The third-order valence-corrected chi connectivity index (χ3v) is 5.39. The van der Waals surface area contributed by atoms with Crippen LogP contribution in [-0.2, 0) is 10.0 Å². The molecular formula is C13H20N2O2S. The van der Waals surface area contributed by atoms with E-state index in [2.05, 4.69) is 4.72 Å². The van der Waals surface area contributed by atoms with E-state index >= 15 is 0 Å². The maximum absolute atomic E-state index is 12.2. The normalized spacial score (nSPS) is 17.6. The average molecular weight is 268 g/mol. The van der Waals surface area contributed by atoms with Crippen molar-refractivity contribution in [2.24, 2.45) is 0 Å². The Morgan fingerprint density at radius 2 is 1.89 bits per heavy atom. The van der Waals surface area contributed by atoms with E-state index in [9.17, 15) is 8.42 Å². The highest BCUT2D eigenvalue weighted by Gasteiger charge is 2.27. The smallest absolute Gasteiger partial charge is 0.235 e. The first-order chi connectivity index (χ1) is 8.49. The Bertz CT molecular complexity index is 520. The van der Waals surface area contributed by atoms with Gasteiger partial charge in [-0.3, -0.25) is 4.72 Å². The highest BCUT2D eigenvalue weighted by atomic mass is 32.2. The fourth-order valence-corrected chi connectivity index (χ4v) is 3.94. The summed E-state index contributed by atoms with van der Waals surface area (Å²) >= 11 is 0. The molecule has 0 unspecified atom stereocenters. The fraction of sp³-hybridized carbons (Fsp3) is 0.538. The van der Waals surface area contributed by atoms with Gasteiger partial charge in [-0.05, 0) is 43.5 Å². The maximum atomic E-state index is 12.2. The molecule has 1 aromatic rings. The molecule has 0 spiro atoms. The van der Waals surface area contributed by atoms with E-state index in [0.717, 1.165) is 37.7 Å². The number of nitrogen functional groups attached to an aromatic ring is 1. The lowest BCUT2D eigenvalue weighted by Gasteiger charge is -2.22. The predicted molar refractivity (Wildman–Crippen MR) is 75.0 cm³/mol. The standard InChI is InChI=1S/C13H20N2O2S/c1-10-9-11(7-8-13(10)14)15-18(16,17)12-5-3-2-4-6-12/h7-9,12,15H,2-6,14H2,1H3. The minimum atomic E-state index is -3.26. The van der Waals surface area contributed by atoms with Gasteiger partial charge in [0.2, 0.25) is 10.0 Å². The lowest BCUT2D eigenvalue weighted by molar-refractivity contribution is 0.486. The largest absolute Gasteiger partial charge is 0.399 e. The summed E-state index contributed by atoms with van der Waals surface area (Å²) in [5.41, 5.74) is 7.89. The first kappa shape index (κ1) is 13.2. The van der Waals surface area contributed by atoms with E-state index in [1.54, 1.807) is 18.2 Å². The molecule has 0 aliphatic heterocycles. The summed E-state index contributed by atoms with van der Waals surface area (Å²) in [6.45, 7) is 1.87. The summed E-state index contributed by atoms with van der Waals surface area (Å²) in [6.07, 6.45) is 4.69. The Morgan fingerprint density at radius 3 is 2.50 bits per heavy atom. The molecule has 100 valence electrons. The van der Waals surface area contributed by atoms with E-state index in [1.807, 2.05) is 6.92 Å². The minimum absolute atomic E-state index is 0.246. The van der Waals surface area contributed by atoms with Crippen LogP contribution in [0.3, 0.4) is 0 Å². The molecule has 1 saturated carbocycles. The molecule has 1 aliphatic rings. The number of hydrogen-bond acceptors (Lipinski definition) is 3. The highest BCUT2D eigenvalue weighted by molar-refractivity contribution is 7.93. The fourth-order valence-electron chi connectivity index (χ4n) is 2.36. The summed E-state index contributed by atoms with van der Waals surface area (Å²) in [7, 11) is -3.26. The van der Waals surface area contributed by atoms with Gasteiger partial charge in [-0.2, -0.15) is 0 Å². The van der Waals surface area contributed by atoms with E-state index in [1.165, 1.54) is 0 Å². The lowest BCUT2D eigenvalue weighted by atomic mass is 10.0. The van der Waals surface area contributed by atoms with Crippen LogP contribution in [0.5, 0.6) is 0 Å². The van der Waals surface area contributed by atoms with Gasteiger partial charge in [0.25, 0.3) is 0 Å². The van der Waals surface area contributed by atoms with Gasteiger partial charge in [0.15, 0.2) is 0 Å². The maximum Gasteiger partial charge on any atom is 0.235 e. The van der Waals surface area contributed by atoms with Gasteiger partial charge in [-0.1, -0.05) is 19.3 Å². The second kappa shape index (κ2) is 5.18. The number of sulfonamides is 1. The van der Waals surface area contributed by atoms with Crippen LogP contribution in [0, 0.1) is 6.92 Å². The van der Waals surface area contributed by atoms with Gasteiger partial charge in [0.05, 0.1) is 5.25 Å². The van der Waals surface area contributed by atoms with Crippen molar-refractivity contribution in [3.8, 4) is 0 Å². The molecule has 3 N–H and O–H groups in total. The van der Waals surface area contributed by atoms with Crippen LogP contribution >= 0.6 is 0 Å². The molecule has 1 aromatic carbocycles. The average Bonchev–Trinajstić information content (AvgIpc) is 2.35. The zero-order chi connectivity index (χ0) is 13.2.